The summed E-state index contributed by atoms with van der Waals surface area (Å²) in [6, 6.07) is 7.05. The molecule has 1 aliphatic carbocycles. The molecular formula is C14H18N2O. The van der Waals surface area contributed by atoms with Crippen LogP contribution in [0.1, 0.15) is 36.0 Å². The molecule has 1 fully saturated rings. The summed E-state index contributed by atoms with van der Waals surface area (Å²) in [7, 11) is 0. The van der Waals surface area contributed by atoms with Crippen molar-refractivity contribution < 1.29 is 4.79 Å². The van der Waals surface area contributed by atoms with E-state index in [9.17, 15) is 4.79 Å². The number of amides is 1. The van der Waals surface area contributed by atoms with E-state index in [0.29, 0.717) is 12.5 Å². The number of carbonyl (C=O) groups excluding carboxylic acids is 1. The third-order valence-corrected chi connectivity index (χ3v) is 3.48. The fourth-order valence-corrected chi connectivity index (χ4v) is 2.29. The van der Waals surface area contributed by atoms with Crippen LogP contribution in [0.2, 0.25) is 0 Å². The molecule has 3 rings (SSSR count). The number of nitrogens with one attached hydrogen (secondary N) is 2. The minimum atomic E-state index is 0.200. The zero-order valence-electron chi connectivity index (χ0n) is 9.96. The van der Waals surface area contributed by atoms with Gasteiger partial charge < -0.3 is 10.6 Å². The van der Waals surface area contributed by atoms with Crippen molar-refractivity contribution in [3.63, 3.8) is 0 Å². The number of fused-ring (bicyclic) bond motifs is 1. The molecule has 1 amide bonds. The second-order valence-corrected chi connectivity index (χ2v) is 5.05. The monoisotopic (exact) mass is 230 g/mol. The molecule has 17 heavy (non-hydrogen) atoms. The molecular weight excluding hydrogens is 212 g/mol. The summed E-state index contributed by atoms with van der Waals surface area (Å²) >= 11 is 0. The molecule has 3 nitrogen and oxygen atoms in total. The zero-order chi connectivity index (χ0) is 11.7. The molecule has 0 spiro atoms. The first kappa shape index (κ1) is 10.8. The Morgan fingerprint density at radius 3 is 2.94 bits per heavy atom. The Bertz CT molecular complexity index is 438. The summed E-state index contributed by atoms with van der Waals surface area (Å²) in [6.45, 7) is 1.95. The van der Waals surface area contributed by atoms with Crippen molar-refractivity contribution >= 4 is 5.91 Å². The van der Waals surface area contributed by atoms with Gasteiger partial charge in [-0.3, -0.25) is 4.79 Å². The van der Waals surface area contributed by atoms with Crippen LogP contribution in [-0.2, 0) is 24.3 Å². The van der Waals surface area contributed by atoms with E-state index >= 15 is 0 Å². The van der Waals surface area contributed by atoms with Gasteiger partial charge in [0.1, 0.15) is 0 Å². The van der Waals surface area contributed by atoms with Crippen molar-refractivity contribution in [2.75, 3.05) is 0 Å². The van der Waals surface area contributed by atoms with E-state index in [4.69, 9.17) is 0 Å². The van der Waals surface area contributed by atoms with Crippen LogP contribution in [0, 0.1) is 0 Å². The van der Waals surface area contributed by atoms with Gasteiger partial charge in [0.05, 0.1) is 0 Å². The molecule has 3 heteroatoms. The van der Waals surface area contributed by atoms with E-state index in [-0.39, 0.29) is 5.91 Å². The van der Waals surface area contributed by atoms with E-state index in [1.54, 1.807) is 0 Å². The molecule has 1 saturated carbocycles. The van der Waals surface area contributed by atoms with Gasteiger partial charge in [-0.2, -0.15) is 0 Å². The fraction of sp³-hybridized carbons (Fsp3) is 0.500. The van der Waals surface area contributed by atoms with E-state index in [2.05, 4.69) is 28.8 Å². The average molecular weight is 230 g/mol. The molecule has 90 valence electrons. The molecule has 0 bridgehead atoms. The third kappa shape index (κ3) is 2.67. The van der Waals surface area contributed by atoms with Crippen molar-refractivity contribution in [2.24, 2.45) is 0 Å². The summed E-state index contributed by atoms with van der Waals surface area (Å²) in [5.41, 5.74) is 4.07. The first-order valence-electron chi connectivity index (χ1n) is 6.42. The van der Waals surface area contributed by atoms with Crippen molar-refractivity contribution in [2.45, 2.75) is 44.8 Å². The maximum Gasteiger partial charge on any atom is 0.220 e. The maximum absolute atomic E-state index is 11.6. The fourth-order valence-electron chi connectivity index (χ4n) is 2.29. The summed E-state index contributed by atoms with van der Waals surface area (Å²) in [6.07, 6.45) is 3.79. The quantitative estimate of drug-likeness (QED) is 0.823. The van der Waals surface area contributed by atoms with Crippen LogP contribution in [0.15, 0.2) is 18.2 Å². The standard InChI is InChI=1S/C14H18N2O/c17-14(16-13-4-5-13)6-2-10-1-3-11-8-15-9-12(11)7-10/h1,3,7,13,15H,2,4-6,8-9H2,(H,16,17). The van der Waals surface area contributed by atoms with Gasteiger partial charge in [-0.15, -0.1) is 0 Å². The van der Waals surface area contributed by atoms with Gasteiger partial charge in [-0.25, -0.2) is 0 Å². The lowest BCUT2D eigenvalue weighted by molar-refractivity contribution is -0.121. The van der Waals surface area contributed by atoms with Crippen molar-refractivity contribution in [1.82, 2.24) is 10.6 Å². The third-order valence-electron chi connectivity index (χ3n) is 3.48. The predicted octanol–water partition coefficient (Wildman–Crippen LogP) is 1.50. The summed E-state index contributed by atoms with van der Waals surface area (Å²) in [5, 5.41) is 6.36. The van der Waals surface area contributed by atoms with E-state index < -0.39 is 0 Å². The molecule has 1 heterocycles. The van der Waals surface area contributed by atoms with Gasteiger partial charge in [-0.05, 0) is 36.0 Å². The Morgan fingerprint density at radius 1 is 1.29 bits per heavy atom. The highest BCUT2D eigenvalue weighted by atomic mass is 16.1. The Hall–Kier alpha value is -1.35. The van der Waals surface area contributed by atoms with E-state index in [0.717, 1.165) is 32.4 Å². The van der Waals surface area contributed by atoms with Crippen molar-refractivity contribution in [3.8, 4) is 0 Å². The smallest absolute Gasteiger partial charge is 0.220 e. The van der Waals surface area contributed by atoms with Gasteiger partial charge in [-0.1, -0.05) is 18.2 Å². The lowest BCUT2D eigenvalue weighted by Crippen LogP contribution is -2.25. The van der Waals surface area contributed by atoms with Crippen molar-refractivity contribution in [1.29, 1.82) is 0 Å². The normalized spacial score (nSPS) is 17.9. The summed E-state index contributed by atoms with van der Waals surface area (Å²) in [5.74, 6) is 0.200. The molecule has 1 aliphatic heterocycles. The lowest BCUT2D eigenvalue weighted by atomic mass is 10.0. The Labute approximate surface area is 102 Å². The van der Waals surface area contributed by atoms with Crippen LogP contribution in [0.4, 0.5) is 0 Å². The Kier molecular flexibility index (Phi) is 2.85. The second-order valence-electron chi connectivity index (χ2n) is 5.05. The van der Waals surface area contributed by atoms with Crippen LogP contribution in [0.25, 0.3) is 0 Å². The van der Waals surface area contributed by atoms with Gasteiger partial charge in [0.25, 0.3) is 0 Å². The molecule has 2 N–H and O–H groups in total. The SMILES string of the molecule is O=C(CCc1ccc2c(c1)CNC2)NC1CC1. The minimum Gasteiger partial charge on any atom is -0.353 e. The van der Waals surface area contributed by atoms with Crippen LogP contribution >= 0.6 is 0 Å². The largest absolute Gasteiger partial charge is 0.353 e. The van der Waals surface area contributed by atoms with Gasteiger partial charge in [0.15, 0.2) is 0 Å². The number of hydrogen-bond acceptors (Lipinski definition) is 2. The second kappa shape index (κ2) is 4.49. The topological polar surface area (TPSA) is 41.1 Å². The van der Waals surface area contributed by atoms with Crippen molar-refractivity contribution in [3.05, 3.63) is 34.9 Å². The van der Waals surface area contributed by atoms with Crippen LogP contribution in [0.3, 0.4) is 0 Å². The zero-order valence-corrected chi connectivity index (χ0v) is 9.96. The molecule has 0 atom stereocenters. The summed E-state index contributed by atoms with van der Waals surface area (Å²) in [4.78, 5) is 11.6. The highest BCUT2D eigenvalue weighted by Gasteiger charge is 2.22. The van der Waals surface area contributed by atoms with E-state index in [1.165, 1.54) is 16.7 Å². The molecule has 0 radical (unpaired) electrons. The van der Waals surface area contributed by atoms with Crippen LogP contribution in [-0.4, -0.2) is 11.9 Å². The molecule has 2 aliphatic rings. The molecule has 1 aromatic carbocycles. The first-order chi connectivity index (χ1) is 8.31. The summed E-state index contributed by atoms with van der Waals surface area (Å²) < 4.78 is 0. The number of hydrogen-bond donors (Lipinski definition) is 2. The highest BCUT2D eigenvalue weighted by molar-refractivity contribution is 5.76. The molecule has 0 aromatic heterocycles. The molecule has 1 aromatic rings. The van der Waals surface area contributed by atoms with E-state index in [1.807, 2.05) is 0 Å². The number of benzene rings is 1. The maximum atomic E-state index is 11.6. The Morgan fingerprint density at radius 2 is 2.12 bits per heavy atom. The van der Waals surface area contributed by atoms with Gasteiger partial charge >= 0.3 is 0 Å². The molecule has 0 saturated heterocycles. The number of carbonyl (C=O) groups is 1. The Balaban J connectivity index is 1.55. The minimum absolute atomic E-state index is 0.200. The lowest BCUT2D eigenvalue weighted by Gasteiger charge is -2.05. The number of aryl methyl sites for hydroxylation is 1. The van der Waals surface area contributed by atoms with Crippen LogP contribution < -0.4 is 10.6 Å². The predicted molar refractivity (Wildman–Crippen MR) is 66.5 cm³/mol. The molecule has 0 unspecified atom stereocenters. The average Bonchev–Trinajstić information content (AvgIpc) is 3.01. The van der Waals surface area contributed by atoms with Gasteiger partial charge in [0.2, 0.25) is 5.91 Å². The van der Waals surface area contributed by atoms with Crippen LogP contribution in [0.5, 0.6) is 0 Å². The highest BCUT2D eigenvalue weighted by Crippen LogP contribution is 2.20. The van der Waals surface area contributed by atoms with Gasteiger partial charge in [0, 0.05) is 25.6 Å². The number of rotatable bonds is 4. The first-order valence-corrected chi connectivity index (χ1v) is 6.42.